The van der Waals surface area contributed by atoms with E-state index in [4.69, 9.17) is 4.74 Å². The summed E-state index contributed by atoms with van der Waals surface area (Å²) < 4.78 is 7.77. The van der Waals surface area contributed by atoms with E-state index >= 15 is 0 Å². The second-order valence-electron chi connectivity index (χ2n) is 6.50. The molecule has 0 aliphatic heterocycles. The van der Waals surface area contributed by atoms with E-state index in [1.165, 1.54) is 5.56 Å². The van der Waals surface area contributed by atoms with Crippen molar-refractivity contribution in [1.29, 1.82) is 0 Å². The minimum atomic E-state index is 0.583. The van der Waals surface area contributed by atoms with Gasteiger partial charge in [-0.15, -0.1) is 10.2 Å². The van der Waals surface area contributed by atoms with E-state index in [-0.39, 0.29) is 0 Å². The average Bonchev–Trinajstić information content (AvgIpc) is 3.13. The van der Waals surface area contributed by atoms with Crippen LogP contribution in [0.15, 0.2) is 53.7 Å². The van der Waals surface area contributed by atoms with Crippen LogP contribution < -0.4 is 15.4 Å². The van der Waals surface area contributed by atoms with Crippen LogP contribution >= 0.6 is 0 Å². The molecule has 2 heterocycles. The number of hydrogen-bond acceptors (Lipinski definition) is 4. The van der Waals surface area contributed by atoms with E-state index < -0.39 is 0 Å². The molecule has 0 unspecified atom stereocenters. The zero-order valence-corrected chi connectivity index (χ0v) is 16.6. The summed E-state index contributed by atoms with van der Waals surface area (Å²) in [6.07, 6.45) is 3.74. The lowest BCUT2D eigenvalue weighted by Gasteiger charge is -2.12. The van der Waals surface area contributed by atoms with Gasteiger partial charge in [-0.05, 0) is 44.5 Å². The quantitative estimate of drug-likeness (QED) is 0.339. The number of hydrogen-bond donors (Lipinski definition) is 2. The van der Waals surface area contributed by atoms with Crippen LogP contribution in [0, 0.1) is 6.92 Å². The Morgan fingerprint density at radius 3 is 2.79 bits per heavy atom. The Morgan fingerprint density at radius 1 is 1.11 bits per heavy atom. The van der Waals surface area contributed by atoms with Crippen molar-refractivity contribution < 1.29 is 4.74 Å². The molecule has 28 heavy (non-hydrogen) atoms. The van der Waals surface area contributed by atoms with Crippen molar-refractivity contribution in [1.82, 2.24) is 25.2 Å². The standard InChI is InChI=1S/C21H28N6O/c1-3-22-21(24-14-16-28-18-11-9-17(2)10-12-18)23-13-6-8-20-26-25-19-7-4-5-15-27(19)20/h4-5,7,9-12,15H,3,6,8,13-14,16H2,1-2H3,(H2,22,23,24). The number of aryl methyl sites for hydroxylation is 2. The predicted molar refractivity (Wildman–Crippen MR) is 112 cm³/mol. The number of pyridine rings is 1. The molecule has 0 fully saturated rings. The molecule has 0 aliphatic carbocycles. The van der Waals surface area contributed by atoms with Crippen LogP contribution in [0.5, 0.6) is 5.75 Å². The smallest absolute Gasteiger partial charge is 0.191 e. The molecular weight excluding hydrogens is 352 g/mol. The molecule has 2 aromatic heterocycles. The molecule has 0 radical (unpaired) electrons. The van der Waals surface area contributed by atoms with Crippen LogP contribution in [0.3, 0.4) is 0 Å². The van der Waals surface area contributed by atoms with Gasteiger partial charge in [0, 0.05) is 25.7 Å². The van der Waals surface area contributed by atoms with E-state index in [9.17, 15) is 0 Å². The fourth-order valence-electron chi connectivity index (χ4n) is 2.80. The zero-order valence-electron chi connectivity index (χ0n) is 16.6. The van der Waals surface area contributed by atoms with Crippen molar-refractivity contribution in [2.24, 2.45) is 4.99 Å². The molecule has 7 heteroatoms. The van der Waals surface area contributed by atoms with Gasteiger partial charge >= 0.3 is 0 Å². The number of guanidine groups is 1. The Hall–Kier alpha value is -3.09. The largest absolute Gasteiger partial charge is 0.492 e. The normalized spacial score (nSPS) is 11.6. The van der Waals surface area contributed by atoms with Gasteiger partial charge in [-0.2, -0.15) is 0 Å². The van der Waals surface area contributed by atoms with Crippen LogP contribution in [-0.2, 0) is 6.42 Å². The van der Waals surface area contributed by atoms with Crippen molar-refractivity contribution >= 4 is 11.6 Å². The van der Waals surface area contributed by atoms with E-state index in [1.807, 2.05) is 53.1 Å². The first-order chi connectivity index (χ1) is 13.8. The highest BCUT2D eigenvalue weighted by Crippen LogP contribution is 2.10. The Balaban J connectivity index is 1.41. The van der Waals surface area contributed by atoms with Gasteiger partial charge in [0.1, 0.15) is 18.2 Å². The van der Waals surface area contributed by atoms with Gasteiger partial charge < -0.3 is 15.4 Å². The molecule has 3 rings (SSSR count). The maximum absolute atomic E-state index is 5.74. The van der Waals surface area contributed by atoms with E-state index in [0.29, 0.717) is 13.2 Å². The summed E-state index contributed by atoms with van der Waals surface area (Å²) in [5, 5.41) is 15.0. The highest BCUT2D eigenvalue weighted by molar-refractivity contribution is 5.79. The number of nitrogens with one attached hydrogen (secondary N) is 2. The van der Waals surface area contributed by atoms with Gasteiger partial charge in [-0.25, -0.2) is 0 Å². The average molecular weight is 380 g/mol. The van der Waals surface area contributed by atoms with Gasteiger partial charge in [0.05, 0.1) is 6.54 Å². The van der Waals surface area contributed by atoms with Crippen LogP contribution in [0.2, 0.25) is 0 Å². The summed E-state index contributed by atoms with van der Waals surface area (Å²) in [5.41, 5.74) is 2.11. The highest BCUT2D eigenvalue weighted by Gasteiger charge is 2.04. The number of benzene rings is 1. The van der Waals surface area contributed by atoms with E-state index in [1.54, 1.807) is 0 Å². The third kappa shape index (κ3) is 5.70. The summed E-state index contributed by atoms with van der Waals surface area (Å²) in [5.74, 6) is 2.66. The summed E-state index contributed by atoms with van der Waals surface area (Å²) in [7, 11) is 0. The first-order valence-electron chi connectivity index (χ1n) is 9.76. The molecule has 148 valence electrons. The molecule has 0 bridgehead atoms. The fraction of sp³-hybridized carbons (Fsp3) is 0.381. The van der Waals surface area contributed by atoms with Gasteiger partial charge in [-0.1, -0.05) is 23.8 Å². The molecule has 1 aromatic carbocycles. The van der Waals surface area contributed by atoms with Gasteiger partial charge in [0.15, 0.2) is 11.6 Å². The maximum atomic E-state index is 5.74. The molecule has 0 saturated heterocycles. The van der Waals surface area contributed by atoms with Crippen LogP contribution in [0.4, 0.5) is 0 Å². The number of nitrogens with zero attached hydrogens (tertiary/aromatic N) is 4. The second kappa shape index (κ2) is 10.3. The number of aliphatic imine (C=N–C) groups is 1. The van der Waals surface area contributed by atoms with Crippen molar-refractivity contribution in [2.75, 3.05) is 26.2 Å². The van der Waals surface area contributed by atoms with E-state index in [2.05, 4.69) is 39.7 Å². The van der Waals surface area contributed by atoms with Crippen LogP contribution in [-0.4, -0.2) is 46.8 Å². The molecule has 0 atom stereocenters. The summed E-state index contributed by atoms with van der Waals surface area (Å²) >= 11 is 0. The first kappa shape index (κ1) is 19.7. The maximum Gasteiger partial charge on any atom is 0.191 e. The fourth-order valence-corrected chi connectivity index (χ4v) is 2.80. The van der Waals surface area contributed by atoms with Crippen LogP contribution in [0.1, 0.15) is 24.7 Å². The SMILES string of the molecule is CCNC(=NCCCc1nnc2ccccn12)NCCOc1ccc(C)cc1. The third-order valence-electron chi connectivity index (χ3n) is 4.24. The van der Waals surface area contributed by atoms with Gasteiger partial charge in [0.25, 0.3) is 0 Å². The lowest BCUT2D eigenvalue weighted by atomic mass is 10.2. The molecule has 0 spiro atoms. The van der Waals surface area contributed by atoms with E-state index in [0.717, 1.165) is 49.1 Å². The molecule has 0 saturated carbocycles. The minimum absolute atomic E-state index is 0.583. The number of fused-ring (bicyclic) bond motifs is 1. The summed E-state index contributed by atoms with van der Waals surface area (Å²) in [4.78, 5) is 4.63. The Labute approximate surface area is 165 Å². The first-order valence-corrected chi connectivity index (χ1v) is 9.76. The zero-order chi connectivity index (χ0) is 19.6. The lowest BCUT2D eigenvalue weighted by Crippen LogP contribution is -2.39. The number of rotatable bonds is 9. The van der Waals surface area contributed by atoms with Gasteiger partial charge in [-0.3, -0.25) is 9.39 Å². The lowest BCUT2D eigenvalue weighted by molar-refractivity contribution is 0.322. The predicted octanol–water partition coefficient (Wildman–Crippen LogP) is 2.60. The van der Waals surface area contributed by atoms with Crippen molar-refractivity contribution in [3.8, 4) is 5.75 Å². The van der Waals surface area contributed by atoms with Crippen LogP contribution in [0.25, 0.3) is 5.65 Å². The molecule has 0 aliphatic rings. The Bertz CT molecular complexity index is 887. The summed E-state index contributed by atoms with van der Waals surface area (Å²) in [6.45, 7) is 6.93. The van der Waals surface area contributed by atoms with Crippen molar-refractivity contribution in [3.05, 3.63) is 60.0 Å². The van der Waals surface area contributed by atoms with Gasteiger partial charge in [0.2, 0.25) is 0 Å². The van der Waals surface area contributed by atoms with Crippen molar-refractivity contribution in [3.63, 3.8) is 0 Å². The Kier molecular flexibility index (Phi) is 7.23. The molecule has 3 aromatic rings. The molecule has 0 amide bonds. The topological polar surface area (TPSA) is 75.8 Å². The molecule has 7 nitrogen and oxygen atoms in total. The molecular formula is C21H28N6O. The van der Waals surface area contributed by atoms with Crippen molar-refractivity contribution in [2.45, 2.75) is 26.7 Å². The second-order valence-corrected chi connectivity index (χ2v) is 6.50. The number of ether oxygens (including phenoxy) is 1. The summed E-state index contributed by atoms with van der Waals surface area (Å²) in [6, 6.07) is 14.0. The molecule has 2 N–H and O–H groups in total. The monoisotopic (exact) mass is 380 g/mol. The Morgan fingerprint density at radius 2 is 1.96 bits per heavy atom. The highest BCUT2D eigenvalue weighted by atomic mass is 16.5. The minimum Gasteiger partial charge on any atom is -0.492 e. The number of aromatic nitrogens is 3. The third-order valence-corrected chi connectivity index (χ3v) is 4.24.